The van der Waals surface area contributed by atoms with E-state index in [-0.39, 0.29) is 12.6 Å². The highest BCUT2D eigenvalue weighted by Crippen LogP contribution is 2.22. The van der Waals surface area contributed by atoms with Crippen LogP contribution in [0.1, 0.15) is 45.3 Å². The van der Waals surface area contributed by atoms with Gasteiger partial charge >= 0.3 is 6.09 Å². The minimum atomic E-state index is -0.613. The van der Waals surface area contributed by atoms with Crippen LogP contribution in [-0.4, -0.2) is 43.9 Å². The average Bonchev–Trinajstić information content (AvgIpc) is 2.59. The second kappa shape index (κ2) is 7.87. The Morgan fingerprint density at radius 3 is 2.40 bits per heavy atom. The van der Waals surface area contributed by atoms with Crippen LogP contribution in [0.3, 0.4) is 0 Å². The third-order valence-electron chi connectivity index (χ3n) is 3.29. The fraction of sp³-hybridized carbons (Fsp3) is 0.471. The molecule has 1 atom stereocenters. The third kappa shape index (κ3) is 5.37. The maximum atomic E-state index is 12.7. The zero-order chi connectivity index (χ0) is 18.4. The highest BCUT2D eigenvalue weighted by atomic mass is 16.6. The molecule has 25 heavy (non-hydrogen) atoms. The predicted octanol–water partition coefficient (Wildman–Crippen LogP) is 2.77. The van der Waals surface area contributed by atoms with Crippen LogP contribution in [0, 0.1) is 0 Å². The molecule has 2 aromatic rings. The van der Waals surface area contributed by atoms with Crippen molar-refractivity contribution in [2.75, 3.05) is 7.11 Å². The molecule has 2 aromatic heterocycles. The number of hydrogen-bond acceptors (Lipinski definition) is 7. The molecule has 0 radical (unpaired) electrons. The summed E-state index contributed by atoms with van der Waals surface area (Å²) in [6.45, 7) is 7.52. The zero-order valence-electron chi connectivity index (χ0n) is 15.1. The molecule has 2 heterocycles. The fourth-order valence-electron chi connectivity index (χ4n) is 2.06. The number of hydrogen-bond donors (Lipinski definition) is 0. The summed E-state index contributed by atoms with van der Waals surface area (Å²) < 4.78 is 10.5. The van der Waals surface area contributed by atoms with Crippen LogP contribution in [0.2, 0.25) is 0 Å². The van der Waals surface area contributed by atoms with Crippen LogP contribution in [0.4, 0.5) is 4.79 Å². The maximum absolute atomic E-state index is 12.7. The molecule has 0 aromatic carbocycles. The van der Waals surface area contributed by atoms with Gasteiger partial charge in [0.2, 0.25) is 5.88 Å². The Bertz CT molecular complexity index is 686. The van der Waals surface area contributed by atoms with Crippen molar-refractivity contribution < 1.29 is 14.3 Å². The molecular weight excluding hydrogens is 322 g/mol. The van der Waals surface area contributed by atoms with E-state index >= 15 is 0 Å². The van der Waals surface area contributed by atoms with Gasteiger partial charge in [0.25, 0.3) is 0 Å². The van der Waals surface area contributed by atoms with E-state index in [1.165, 1.54) is 12.0 Å². The number of nitrogens with zero attached hydrogens (tertiary/aromatic N) is 5. The number of carbonyl (C=O) groups is 1. The van der Waals surface area contributed by atoms with E-state index in [4.69, 9.17) is 9.47 Å². The first kappa shape index (κ1) is 18.6. The smallest absolute Gasteiger partial charge is 0.411 e. The summed E-state index contributed by atoms with van der Waals surface area (Å²) in [5.74, 6) is 0.932. The molecule has 0 aliphatic heterocycles. The van der Waals surface area contributed by atoms with Crippen molar-refractivity contribution >= 4 is 6.09 Å². The van der Waals surface area contributed by atoms with Crippen LogP contribution in [-0.2, 0) is 11.3 Å². The minimum Gasteiger partial charge on any atom is -0.480 e. The number of ether oxygens (including phenoxy) is 2. The number of amides is 1. The second-order valence-corrected chi connectivity index (χ2v) is 6.46. The molecule has 134 valence electrons. The first-order valence-electron chi connectivity index (χ1n) is 7.93. The van der Waals surface area contributed by atoms with E-state index in [2.05, 4.69) is 20.2 Å². The molecule has 0 fully saturated rings. The van der Waals surface area contributed by atoms with Gasteiger partial charge in [0.15, 0.2) is 5.82 Å². The van der Waals surface area contributed by atoms with Crippen LogP contribution in [0.25, 0.3) is 0 Å². The molecule has 0 saturated carbocycles. The van der Waals surface area contributed by atoms with Crippen molar-refractivity contribution in [2.24, 2.45) is 0 Å². The lowest BCUT2D eigenvalue weighted by atomic mass is 10.2. The molecule has 0 aliphatic carbocycles. The Balaban J connectivity index is 2.25. The summed E-state index contributed by atoms with van der Waals surface area (Å²) in [5, 5.41) is 8.01. The average molecular weight is 345 g/mol. The fourth-order valence-corrected chi connectivity index (χ4v) is 2.06. The van der Waals surface area contributed by atoms with Gasteiger partial charge < -0.3 is 9.47 Å². The Morgan fingerprint density at radius 2 is 1.88 bits per heavy atom. The molecule has 8 heteroatoms. The first-order chi connectivity index (χ1) is 11.8. The summed E-state index contributed by atoms with van der Waals surface area (Å²) >= 11 is 0. The molecule has 1 unspecified atom stereocenters. The SMILES string of the molecule is COc1ccc(CN(C(=O)OC(C)(C)C)C(C)c2ncccn2)nn1. The molecule has 0 spiro atoms. The quantitative estimate of drug-likeness (QED) is 0.823. The summed E-state index contributed by atoms with van der Waals surface area (Å²) in [6, 6.07) is 4.78. The van der Waals surface area contributed by atoms with Gasteiger partial charge in [-0.25, -0.2) is 14.8 Å². The normalized spacial score (nSPS) is 12.4. The lowest BCUT2D eigenvalue weighted by Gasteiger charge is -2.30. The topological polar surface area (TPSA) is 90.3 Å². The van der Waals surface area contributed by atoms with Gasteiger partial charge in [-0.05, 0) is 39.8 Å². The highest BCUT2D eigenvalue weighted by molar-refractivity contribution is 5.68. The van der Waals surface area contributed by atoms with Crippen molar-refractivity contribution in [1.29, 1.82) is 0 Å². The summed E-state index contributed by atoms with van der Waals surface area (Å²) in [6.07, 6.45) is 2.81. The molecule has 0 saturated heterocycles. The van der Waals surface area contributed by atoms with Crippen molar-refractivity contribution in [2.45, 2.75) is 45.9 Å². The van der Waals surface area contributed by atoms with E-state index in [9.17, 15) is 4.79 Å². The standard InChI is InChI=1S/C17H23N5O3/c1-12(15-18-9-6-10-19-15)22(16(23)25-17(2,3)4)11-13-7-8-14(24-5)21-20-13/h6-10,12H,11H2,1-5H3. The van der Waals surface area contributed by atoms with Crippen molar-refractivity contribution in [1.82, 2.24) is 25.1 Å². The molecule has 2 rings (SSSR count). The van der Waals surface area contributed by atoms with Gasteiger partial charge in [0, 0.05) is 18.5 Å². The number of methoxy groups -OCH3 is 1. The van der Waals surface area contributed by atoms with Gasteiger partial charge in [-0.15, -0.1) is 5.10 Å². The van der Waals surface area contributed by atoms with Crippen molar-refractivity contribution in [3.05, 3.63) is 42.1 Å². The summed E-state index contributed by atoms with van der Waals surface area (Å²) in [7, 11) is 1.52. The Labute approximate surface area is 147 Å². The Morgan fingerprint density at radius 1 is 1.20 bits per heavy atom. The third-order valence-corrected chi connectivity index (χ3v) is 3.29. The predicted molar refractivity (Wildman–Crippen MR) is 90.8 cm³/mol. The van der Waals surface area contributed by atoms with Gasteiger partial charge in [0.1, 0.15) is 5.60 Å². The second-order valence-electron chi connectivity index (χ2n) is 6.46. The van der Waals surface area contributed by atoms with Gasteiger partial charge in [-0.2, -0.15) is 5.10 Å². The molecule has 0 N–H and O–H groups in total. The van der Waals surface area contributed by atoms with E-state index < -0.39 is 11.7 Å². The number of aromatic nitrogens is 4. The van der Waals surface area contributed by atoms with E-state index in [0.717, 1.165) is 0 Å². The monoisotopic (exact) mass is 345 g/mol. The van der Waals surface area contributed by atoms with Crippen LogP contribution < -0.4 is 4.74 Å². The first-order valence-corrected chi connectivity index (χ1v) is 7.93. The molecule has 0 aliphatic rings. The van der Waals surface area contributed by atoms with Crippen LogP contribution in [0.15, 0.2) is 30.6 Å². The molecule has 8 nitrogen and oxygen atoms in total. The minimum absolute atomic E-state index is 0.214. The largest absolute Gasteiger partial charge is 0.480 e. The highest BCUT2D eigenvalue weighted by Gasteiger charge is 2.28. The Kier molecular flexibility index (Phi) is 5.84. The van der Waals surface area contributed by atoms with Crippen LogP contribution in [0.5, 0.6) is 5.88 Å². The summed E-state index contributed by atoms with van der Waals surface area (Å²) in [5.41, 5.74) is -0.00695. The van der Waals surface area contributed by atoms with Gasteiger partial charge in [-0.3, -0.25) is 4.90 Å². The maximum Gasteiger partial charge on any atom is 0.411 e. The van der Waals surface area contributed by atoms with E-state index in [1.807, 2.05) is 27.7 Å². The molecule has 0 bridgehead atoms. The van der Waals surface area contributed by atoms with E-state index in [0.29, 0.717) is 17.4 Å². The van der Waals surface area contributed by atoms with E-state index in [1.54, 1.807) is 30.6 Å². The molecule has 1 amide bonds. The summed E-state index contributed by atoms with van der Waals surface area (Å²) in [4.78, 5) is 22.7. The lowest BCUT2D eigenvalue weighted by molar-refractivity contribution is 0.0141. The van der Waals surface area contributed by atoms with Gasteiger partial charge in [0.05, 0.1) is 25.4 Å². The zero-order valence-corrected chi connectivity index (χ0v) is 15.1. The number of carbonyl (C=O) groups excluding carboxylic acids is 1. The van der Waals surface area contributed by atoms with Crippen molar-refractivity contribution in [3.8, 4) is 5.88 Å². The van der Waals surface area contributed by atoms with Crippen LogP contribution >= 0.6 is 0 Å². The number of rotatable bonds is 5. The van der Waals surface area contributed by atoms with Gasteiger partial charge in [-0.1, -0.05) is 0 Å². The molecular formula is C17H23N5O3. The lowest BCUT2D eigenvalue weighted by Crippen LogP contribution is -2.38. The Hall–Kier alpha value is -2.77. The van der Waals surface area contributed by atoms with Crippen molar-refractivity contribution in [3.63, 3.8) is 0 Å².